The predicted octanol–water partition coefficient (Wildman–Crippen LogP) is 2.29. The second-order valence-corrected chi connectivity index (χ2v) is 4.59. The second kappa shape index (κ2) is 3.63. The molecule has 0 aliphatic rings. The van der Waals surface area contributed by atoms with Crippen molar-refractivity contribution in [3.8, 4) is 0 Å². The fourth-order valence-corrected chi connectivity index (χ4v) is 1.36. The molecule has 0 fully saturated rings. The van der Waals surface area contributed by atoms with Gasteiger partial charge in [0.2, 0.25) is 0 Å². The molecular formula is C12H14N2O2. The Morgan fingerprint density at radius 3 is 2.75 bits per heavy atom. The molecule has 16 heavy (non-hydrogen) atoms. The number of pyridine rings is 1. The van der Waals surface area contributed by atoms with Crippen molar-refractivity contribution in [2.75, 3.05) is 0 Å². The van der Waals surface area contributed by atoms with Crippen LogP contribution in [0.4, 0.5) is 0 Å². The molecule has 0 saturated heterocycles. The van der Waals surface area contributed by atoms with E-state index >= 15 is 0 Å². The van der Waals surface area contributed by atoms with Gasteiger partial charge in [-0.1, -0.05) is 6.07 Å². The molecular weight excluding hydrogens is 204 g/mol. The summed E-state index contributed by atoms with van der Waals surface area (Å²) in [7, 11) is 0. The topological polar surface area (TPSA) is 43.6 Å². The molecule has 0 radical (unpaired) electrons. The molecule has 0 amide bonds. The van der Waals surface area contributed by atoms with Crippen molar-refractivity contribution < 1.29 is 9.53 Å². The van der Waals surface area contributed by atoms with E-state index in [2.05, 4.69) is 4.98 Å². The van der Waals surface area contributed by atoms with Gasteiger partial charge in [0.05, 0.1) is 0 Å². The molecule has 4 nitrogen and oxygen atoms in total. The minimum atomic E-state index is -0.493. The fraction of sp³-hybridized carbons (Fsp3) is 0.333. The van der Waals surface area contributed by atoms with Gasteiger partial charge in [-0.25, -0.2) is 9.78 Å². The summed E-state index contributed by atoms with van der Waals surface area (Å²) >= 11 is 0. The maximum absolute atomic E-state index is 11.7. The third kappa shape index (κ3) is 2.21. The van der Waals surface area contributed by atoms with Crippen molar-refractivity contribution in [1.29, 1.82) is 0 Å². The van der Waals surface area contributed by atoms with Crippen LogP contribution in [0.15, 0.2) is 30.6 Å². The van der Waals surface area contributed by atoms with Crippen molar-refractivity contribution >= 4 is 11.6 Å². The molecule has 2 heterocycles. The number of carbonyl (C=O) groups excluding carboxylic acids is 1. The molecule has 84 valence electrons. The molecule has 2 rings (SSSR count). The van der Waals surface area contributed by atoms with Crippen LogP contribution in [0.5, 0.6) is 0 Å². The zero-order chi connectivity index (χ0) is 11.8. The predicted molar refractivity (Wildman–Crippen MR) is 60.4 cm³/mol. The third-order valence-corrected chi connectivity index (χ3v) is 1.97. The lowest BCUT2D eigenvalue weighted by molar-refractivity contribution is 0.00636. The number of aromatic nitrogens is 2. The zero-order valence-electron chi connectivity index (χ0n) is 9.60. The van der Waals surface area contributed by atoms with Crippen LogP contribution in [0.25, 0.3) is 5.65 Å². The first-order valence-corrected chi connectivity index (χ1v) is 5.13. The Morgan fingerprint density at radius 1 is 1.38 bits per heavy atom. The van der Waals surface area contributed by atoms with Gasteiger partial charge in [0.1, 0.15) is 11.2 Å². The summed E-state index contributed by atoms with van der Waals surface area (Å²) in [6, 6.07) is 5.60. The van der Waals surface area contributed by atoms with Gasteiger partial charge in [-0.15, -0.1) is 0 Å². The summed E-state index contributed by atoms with van der Waals surface area (Å²) in [5.41, 5.74) is 0.580. The van der Waals surface area contributed by atoms with Crippen LogP contribution in [0.1, 0.15) is 31.3 Å². The molecule has 4 heteroatoms. The van der Waals surface area contributed by atoms with Crippen LogP contribution in [-0.2, 0) is 4.74 Å². The average molecular weight is 218 g/mol. The largest absolute Gasteiger partial charge is 0.455 e. The number of hydrogen-bond donors (Lipinski definition) is 0. The van der Waals surface area contributed by atoms with Gasteiger partial charge >= 0.3 is 5.97 Å². The number of hydrogen-bond acceptors (Lipinski definition) is 3. The van der Waals surface area contributed by atoms with Crippen LogP contribution < -0.4 is 0 Å². The Bertz CT molecular complexity index is 490. The summed E-state index contributed by atoms with van der Waals surface area (Å²) in [6.45, 7) is 5.50. The van der Waals surface area contributed by atoms with Crippen LogP contribution in [0.2, 0.25) is 0 Å². The highest BCUT2D eigenvalue weighted by Crippen LogP contribution is 2.12. The number of ether oxygens (including phenoxy) is 1. The molecule has 0 atom stereocenters. The summed E-state index contributed by atoms with van der Waals surface area (Å²) in [4.78, 5) is 15.9. The molecule has 0 saturated carbocycles. The third-order valence-electron chi connectivity index (χ3n) is 1.97. The quantitative estimate of drug-likeness (QED) is 0.690. The van der Waals surface area contributed by atoms with Crippen molar-refractivity contribution in [3.05, 3.63) is 36.3 Å². The minimum absolute atomic E-state index is 0.334. The van der Waals surface area contributed by atoms with Gasteiger partial charge in [-0.3, -0.25) is 0 Å². The van der Waals surface area contributed by atoms with E-state index in [1.807, 2.05) is 45.2 Å². The number of carbonyl (C=O) groups is 1. The highest BCUT2D eigenvalue weighted by molar-refractivity contribution is 5.88. The summed E-state index contributed by atoms with van der Waals surface area (Å²) in [5.74, 6) is -0.392. The van der Waals surface area contributed by atoms with Gasteiger partial charge in [0, 0.05) is 12.4 Å². The monoisotopic (exact) mass is 218 g/mol. The SMILES string of the molecule is CC(C)(C)OC(=O)c1cn2ccccc2n1. The van der Waals surface area contributed by atoms with Crippen LogP contribution in [0.3, 0.4) is 0 Å². The lowest BCUT2D eigenvalue weighted by Crippen LogP contribution is -2.24. The lowest BCUT2D eigenvalue weighted by atomic mass is 10.2. The van der Waals surface area contributed by atoms with E-state index in [1.54, 1.807) is 10.6 Å². The standard InChI is InChI=1S/C12H14N2O2/c1-12(2,3)16-11(15)9-8-14-7-5-4-6-10(14)13-9/h4-8H,1-3H3. The van der Waals surface area contributed by atoms with Gasteiger partial charge in [0.15, 0.2) is 5.69 Å². The van der Waals surface area contributed by atoms with E-state index in [1.165, 1.54) is 0 Å². The number of fused-ring (bicyclic) bond motifs is 1. The second-order valence-electron chi connectivity index (χ2n) is 4.59. The van der Waals surface area contributed by atoms with E-state index in [4.69, 9.17) is 4.74 Å². The Labute approximate surface area is 93.9 Å². The number of imidazole rings is 1. The Morgan fingerprint density at radius 2 is 2.12 bits per heavy atom. The van der Waals surface area contributed by atoms with E-state index in [9.17, 15) is 4.79 Å². The highest BCUT2D eigenvalue weighted by atomic mass is 16.6. The molecule has 0 bridgehead atoms. The number of esters is 1. The fourth-order valence-electron chi connectivity index (χ4n) is 1.36. The normalized spacial score (nSPS) is 11.7. The Hall–Kier alpha value is -1.84. The maximum atomic E-state index is 11.7. The summed E-state index contributed by atoms with van der Waals surface area (Å²) in [5, 5.41) is 0. The van der Waals surface area contributed by atoms with Crippen LogP contribution in [0, 0.1) is 0 Å². The first kappa shape index (κ1) is 10.7. The number of rotatable bonds is 1. The summed E-state index contributed by atoms with van der Waals surface area (Å²) < 4.78 is 7.03. The highest BCUT2D eigenvalue weighted by Gasteiger charge is 2.19. The van der Waals surface area contributed by atoms with E-state index < -0.39 is 11.6 Å². The molecule has 0 N–H and O–H groups in total. The first-order valence-electron chi connectivity index (χ1n) is 5.13. The van der Waals surface area contributed by atoms with Crippen molar-refractivity contribution in [1.82, 2.24) is 9.38 Å². The van der Waals surface area contributed by atoms with Crippen molar-refractivity contribution in [2.24, 2.45) is 0 Å². The number of nitrogens with zero attached hydrogens (tertiary/aromatic N) is 2. The van der Waals surface area contributed by atoms with Crippen LogP contribution >= 0.6 is 0 Å². The van der Waals surface area contributed by atoms with E-state index in [0.717, 1.165) is 5.65 Å². The van der Waals surface area contributed by atoms with E-state index in [-0.39, 0.29) is 0 Å². The van der Waals surface area contributed by atoms with Crippen LogP contribution in [-0.4, -0.2) is 21.0 Å². The average Bonchev–Trinajstić information content (AvgIpc) is 2.58. The van der Waals surface area contributed by atoms with Gasteiger partial charge in [0.25, 0.3) is 0 Å². The smallest absolute Gasteiger partial charge is 0.359 e. The van der Waals surface area contributed by atoms with Gasteiger partial charge in [-0.05, 0) is 32.9 Å². The van der Waals surface area contributed by atoms with Gasteiger partial charge in [-0.2, -0.15) is 0 Å². The zero-order valence-corrected chi connectivity index (χ0v) is 9.60. The van der Waals surface area contributed by atoms with Crippen molar-refractivity contribution in [3.63, 3.8) is 0 Å². The molecule has 0 unspecified atom stereocenters. The molecule has 2 aromatic rings. The molecule has 2 aromatic heterocycles. The molecule has 0 spiro atoms. The summed E-state index contributed by atoms with van der Waals surface area (Å²) in [6.07, 6.45) is 3.51. The van der Waals surface area contributed by atoms with E-state index in [0.29, 0.717) is 5.69 Å². The molecule has 0 aliphatic heterocycles. The van der Waals surface area contributed by atoms with Crippen molar-refractivity contribution in [2.45, 2.75) is 26.4 Å². The maximum Gasteiger partial charge on any atom is 0.359 e. The lowest BCUT2D eigenvalue weighted by Gasteiger charge is -2.18. The Balaban J connectivity index is 2.30. The Kier molecular flexibility index (Phi) is 2.42. The molecule has 0 aromatic carbocycles. The van der Waals surface area contributed by atoms with Gasteiger partial charge < -0.3 is 9.14 Å². The minimum Gasteiger partial charge on any atom is -0.455 e. The molecule has 0 aliphatic carbocycles. The first-order chi connectivity index (χ1) is 7.46.